The molecule has 1 radical (unpaired) electrons. The van der Waals surface area contributed by atoms with Gasteiger partial charge in [0, 0.05) is 6.20 Å². The van der Waals surface area contributed by atoms with Crippen molar-refractivity contribution >= 4 is 16.0 Å². The van der Waals surface area contributed by atoms with Crippen molar-refractivity contribution in [2.45, 2.75) is 12.5 Å². The summed E-state index contributed by atoms with van der Waals surface area (Å²) < 4.78 is 28.8. The third-order valence-electron chi connectivity index (χ3n) is 4.59. The third-order valence-corrected chi connectivity index (χ3v) is 6.22. The lowest BCUT2D eigenvalue weighted by atomic mass is 10.0. The Labute approximate surface area is 158 Å². The molecular weight excluding hydrogens is 370 g/mol. The van der Waals surface area contributed by atoms with E-state index >= 15 is 0 Å². The molecule has 1 atom stereocenters. The molecule has 2 N–H and O–H groups in total. The predicted molar refractivity (Wildman–Crippen MR) is 98.6 cm³/mol. The van der Waals surface area contributed by atoms with Crippen LogP contribution in [0.4, 0.5) is 0 Å². The highest BCUT2D eigenvalue weighted by atomic mass is 32.2. The quantitative estimate of drug-likeness (QED) is 0.394. The fourth-order valence-electron chi connectivity index (χ4n) is 2.94. The zero-order valence-corrected chi connectivity index (χ0v) is 15.8. The molecule has 2 aromatic rings. The second-order valence-electron chi connectivity index (χ2n) is 6.78. The van der Waals surface area contributed by atoms with Crippen molar-refractivity contribution in [3.05, 3.63) is 59.1 Å². The van der Waals surface area contributed by atoms with E-state index < -0.39 is 26.7 Å². The van der Waals surface area contributed by atoms with E-state index in [1.165, 1.54) is 17.5 Å². The number of hydrogen-bond donors (Lipinski definition) is 2. The summed E-state index contributed by atoms with van der Waals surface area (Å²) in [5.41, 5.74) is 1.01. The molecule has 2 heterocycles. The van der Waals surface area contributed by atoms with E-state index in [4.69, 9.17) is 0 Å². The molecule has 0 unspecified atom stereocenters. The maximum atomic E-state index is 12.8. The van der Waals surface area contributed by atoms with E-state index in [9.17, 15) is 18.4 Å². The molecule has 9 nitrogen and oxygen atoms in total. The van der Waals surface area contributed by atoms with Gasteiger partial charge in [0.15, 0.2) is 5.78 Å². The van der Waals surface area contributed by atoms with Crippen LogP contribution in [0.25, 0.3) is 0 Å². The van der Waals surface area contributed by atoms with Crippen LogP contribution in [-0.4, -0.2) is 72.6 Å². The fourth-order valence-corrected chi connectivity index (χ4v) is 4.28. The number of carbonyl (C=O) groups excluding carboxylic acids is 1. The van der Waals surface area contributed by atoms with Gasteiger partial charge < -0.3 is 9.85 Å². The van der Waals surface area contributed by atoms with Gasteiger partial charge in [-0.25, -0.2) is 0 Å². The summed E-state index contributed by atoms with van der Waals surface area (Å²) >= 11 is 0. The number of Topliss-reactive ketones (excluding diaryl/α,β-unsaturated/α-hetero) is 1. The summed E-state index contributed by atoms with van der Waals surface area (Å²) in [7, 11) is -2.40. The number of quaternary nitrogens is 1. The molecule has 10 heteroatoms. The number of H-pyrrole nitrogens is 1. The summed E-state index contributed by atoms with van der Waals surface area (Å²) in [5.74, 6) is -0.419. The van der Waals surface area contributed by atoms with E-state index in [1.54, 1.807) is 0 Å². The zero-order valence-electron chi connectivity index (χ0n) is 15.0. The van der Waals surface area contributed by atoms with Crippen molar-refractivity contribution in [3.8, 4) is 0 Å². The van der Waals surface area contributed by atoms with E-state index in [0.29, 0.717) is 0 Å². The van der Waals surface area contributed by atoms with Crippen LogP contribution in [-0.2, 0) is 16.6 Å². The Morgan fingerprint density at radius 2 is 2.04 bits per heavy atom. The van der Waals surface area contributed by atoms with E-state index in [0.717, 1.165) is 5.56 Å². The lowest BCUT2D eigenvalue weighted by molar-refractivity contribution is -0.864. The number of likely N-dealkylation sites (N-methyl/N-ethyl adjacent to an activating group) is 1. The molecule has 1 aliphatic rings. The number of aromatic amines is 1. The number of nitrogens with zero attached hydrogens (tertiary/aromatic N) is 3. The third kappa shape index (κ3) is 4.99. The van der Waals surface area contributed by atoms with Gasteiger partial charge in [0.05, 0.1) is 44.8 Å². The Morgan fingerprint density at radius 1 is 1.37 bits per heavy atom. The van der Waals surface area contributed by atoms with Gasteiger partial charge in [-0.2, -0.15) is 22.5 Å². The Balaban J connectivity index is 1.79. The van der Waals surface area contributed by atoms with Crippen molar-refractivity contribution in [1.82, 2.24) is 19.2 Å². The van der Waals surface area contributed by atoms with Crippen LogP contribution in [0, 0.1) is 11.4 Å². The molecule has 0 spiro atoms. The van der Waals surface area contributed by atoms with Crippen LogP contribution in [0.5, 0.6) is 0 Å². The Hall–Kier alpha value is -2.11. The van der Waals surface area contributed by atoms with Gasteiger partial charge in [0.25, 0.3) is 10.2 Å². The number of hydrogen-bond acceptors (Lipinski definition) is 5. The number of hydroxylamine groups is 3. The first-order chi connectivity index (χ1) is 12.8. The standard InChI is InChI=1S/C17H22N5O4S/c1-22(24)9-7-21(8-10-22)27(25,26)20-16(11-14-5-3-2-4-6-14)17(23)15-12-18-19-13-15/h2-6,12,16,20H,7-11H2,1H3,(H,18,19)/t16-/m0/s1. The minimum Gasteiger partial charge on any atom is -0.633 e. The summed E-state index contributed by atoms with van der Waals surface area (Å²) in [4.78, 5) is 12.8. The van der Waals surface area contributed by atoms with Crippen molar-refractivity contribution in [2.24, 2.45) is 0 Å². The van der Waals surface area contributed by atoms with Gasteiger partial charge in [-0.3, -0.25) is 9.89 Å². The molecule has 1 aliphatic heterocycles. The summed E-state index contributed by atoms with van der Waals surface area (Å²) in [5, 5.41) is 18.1. The number of benzene rings is 1. The lowest BCUT2D eigenvalue weighted by Gasteiger charge is -2.44. The molecule has 0 saturated carbocycles. The normalized spacial score (nSPS) is 18.9. The van der Waals surface area contributed by atoms with Crippen LogP contribution in [0.3, 0.4) is 0 Å². The first kappa shape index (κ1) is 19.6. The highest BCUT2D eigenvalue weighted by Crippen LogP contribution is 2.14. The average molecular weight is 392 g/mol. The van der Waals surface area contributed by atoms with Gasteiger partial charge in [0.2, 0.25) is 0 Å². The maximum Gasteiger partial charge on any atom is 0.280 e. The van der Waals surface area contributed by atoms with Crippen LogP contribution in [0.2, 0.25) is 0 Å². The summed E-state index contributed by atoms with van der Waals surface area (Å²) in [6.45, 7) is 0.570. The number of rotatable bonds is 7. The number of aromatic nitrogens is 2. The smallest absolute Gasteiger partial charge is 0.280 e. The number of nitrogens with one attached hydrogen (secondary N) is 2. The summed E-state index contributed by atoms with van der Waals surface area (Å²) in [6.07, 6.45) is 4.11. The lowest BCUT2D eigenvalue weighted by Crippen LogP contribution is -2.58. The minimum atomic E-state index is -3.92. The van der Waals surface area contributed by atoms with Crippen LogP contribution >= 0.6 is 0 Å². The first-order valence-electron chi connectivity index (χ1n) is 8.59. The molecular formula is C17H22N5O4S. The molecule has 1 fully saturated rings. The molecule has 1 saturated heterocycles. The van der Waals surface area contributed by atoms with Crippen molar-refractivity contribution in [2.75, 3.05) is 33.2 Å². The SMILES string of the molecule is C[N+]1([O-])CCN(S(=O)(=O)N[C@@H](Cc2ccccc2)C(=O)c2[c]n[nH]c2)CC1. The Bertz CT molecular complexity index is 858. The molecule has 0 bridgehead atoms. The average Bonchev–Trinajstić information content (AvgIpc) is 3.15. The maximum absolute atomic E-state index is 12.8. The van der Waals surface area contributed by atoms with Gasteiger partial charge in [0.1, 0.15) is 6.20 Å². The van der Waals surface area contributed by atoms with Crippen molar-refractivity contribution in [3.63, 3.8) is 0 Å². The largest absolute Gasteiger partial charge is 0.633 e. The summed E-state index contributed by atoms with van der Waals surface area (Å²) in [6, 6.07) is 8.16. The molecule has 1 aromatic carbocycles. The first-order valence-corrected chi connectivity index (χ1v) is 10.0. The predicted octanol–water partition coefficient (Wildman–Crippen LogP) is 0.0983. The van der Waals surface area contributed by atoms with Gasteiger partial charge in [-0.1, -0.05) is 30.3 Å². The number of ketones is 1. The fraction of sp³-hybridized carbons (Fsp3) is 0.412. The minimum absolute atomic E-state index is 0.111. The van der Waals surface area contributed by atoms with Crippen molar-refractivity contribution < 1.29 is 17.9 Å². The molecule has 27 heavy (non-hydrogen) atoms. The topological polar surface area (TPSA) is 118 Å². The van der Waals surface area contributed by atoms with Crippen LogP contribution in [0.15, 0.2) is 36.5 Å². The van der Waals surface area contributed by atoms with Gasteiger partial charge in [-0.15, -0.1) is 0 Å². The molecule has 1 aromatic heterocycles. The van der Waals surface area contributed by atoms with E-state index in [1.807, 2.05) is 30.3 Å². The second kappa shape index (κ2) is 7.87. The van der Waals surface area contributed by atoms with Crippen LogP contribution < -0.4 is 4.72 Å². The monoisotopic (exact) mass is 392 g/mol. The highest BCUT2D eigenvalue weighted by Gasteiger charge is 2.34. The highest BCUT2D eigenvalue weighted by molar-refractivity contribution is 7.87. The second-order valence-corrected chi connectivity index (χ2v) is 8.49. The van der Waals surface area contributed by atoms with Crippen LogP contribution in [0.1, 0.15) is 15.9 Å². The van der Waals surface area contributed by atoms with E-state index in [2.05, 4.69) is 21.1 Å². The van der Waals surface area contributed by atoms with Gasteiger partial charge in [-0.05, 0) is 12.0 Å². The van der Waals surface area contributed by atoms with Crippen molar-refractivity contribution in [1.29, 1.82) is 0 Å². The molecule has 3 rings (SSSR count). The molecule has 145 valence electrons. The Morgan fingerprint density at radius 3 is 2.63 bits per heavy atom. The Kier molecular flexibility index (Phi) is 5.72. The molecule has 0 amide bonds. The number of piperazine rings is 1. The van der Waals surface area contributed by atoms with E-state index in [-0.39, 0.29) is 38.2 Å². The zero-order chi connectivity index (χ0) is 19.5. The number of carbonyl (C=O) groups is 1. The molecule has 0 aliphatic carbocycles. The van der Waals surface area contributed by atoms with Gasteiger partial charge >= 0.3 is 0 Å².